The van der Waals surface area contributed by atoms with Gasteiger partial charge in [-0.15, -0.1) is 0 Å². The van der Waals surface area contributed by atoms with Crippen LogP contribution in [0.2, 0.25) is 0 Å². The summed E-state index contributed by atoms with van der Waals surface area (Å²) in [6.07, 6.45) is 14.4. The van der Waals surface area contributed by atoms with Gasteiger partial charge in [-0.3, -0.25) is 18.2 Å². The predicted octanol–water partition coefficient (Wildman–Crippen LogP) is 2.97. The molecule has 0 atom stereocenters. The summed E-state index contributed by atoms with van der Waals surface area (Å²) in [6.45, 7) is 4.56. The summed E-state index contributed by atoms with van der Waals surface area (Å²) in [5.41, 5.74) is 0. The van der Waals surface area contributed by atoms with Gasteiger partial charge in [0.15, 0.2) is 0 Å². The molecule has 0 rings (SSSR count). The van der Waals surface area contributed by atoms with Crippen molar-refractivity contribution in [1.29, 1.82) is 0 Å². The van der Waals surface area contributed by atoms with Crippen molar-refractivity contribution >= 4 is 50.4 Å². The van der Waals surface area contributed by atoms with Crippen molar-refractivity contribution in [3.63, 3.8) is 0 Å². The van der Waals surface area contributed by atoms with Gasteiger partial charge in [0, 0.05) is 0 Å². The van der Waals surface area contributed by atoms with E-state index in [1.807, 2.05) is 0 Å². The molecule has 0 bridgehead atoms. The molecule has 0 aliphatic heterocycles. The molecule has 0 saturated heterocycles. The van der Waals surface area contributed by atoms with Crippen molar-refractivity contribution in [2.75, 3.05) is 0 Å². The van der Waals surface area contributed by atoms with E-state index in [4.69, 9.17) is 35.0 Å². The van der Waals surface area contributed by atoms with Crippen molar-refractivity contribution in [2.24, 2.45) is 0 Å². The molecule has 0 heterocycles. The standard InChI is InChI=1S/C12H26.Na.2H2O4S.H/c1-3-5-7-9-11-12-10-8-6-4-2;;2*1-5(2,3)4;/h3-12H2,1-2H3;;2*(H2,1,2,3,4);. The fourth-order valence-electron chi connectivity index (χ4n) is 1.56. The van der Waals surface area contributed by atoms with Crippen molar-refractivity contribution in [3.8, 4) is 0 Å². The van der Waals surface area contributed by atoms with Crippen LogP contribution >= 0.6 is 0 Å². The van der Waals surface area contributed by atoms with Crippen LogP contribution in [0.4, 0.5) is 0 Å². The van der Waals surface area contributed by atoms with Crippen molar-refractivity contribution < 1.29 is 35.0 Å². The topological polar surface area (TPSA) is 149 Å². The molecule has 0 aromatic heterocycles. The summed E-state index contributed by atoms with van der Waals surface area (Å²) >= 11 is 0. The first kappa shape index (κ1) is 31.5. The second kappa shape index (κ2) is 20.8. The van der Waals surface area contributed by atoms with Gasteiger partial charge in [0.2, 0.25) is 0 Å². The molecule has 0 amide bonds. The molecular formula is C12H31NaO8S2. The van der Waals surface area contributed by atoms with Gasteiger partial charge in [-0.25, -0.2) is 0 Å². The van der Waals surface area contributed by atoms with Crippen LogP contribution in [0.25, 0.3) is 0 Å². The molecule has 0 radical (unpaired) electrons. The third-order valence-electron chi connectivity index (χ3n) is 2.46. The van der Waals surface area contributed by atoms with Crippen LogP contribution in [-0.2, 0) is 20.8 Å². The number of hydrogen-bond acceptors (Lipinski definition) is 4. The Morgan fingerprint density at radius 3 is 0.783 bits per heavy atom. The Hall–Kier alpha value is 0.740. The minimum atomic E-state index is -4.67. The summed E-state index contributed by atoms with van der Waals surface area (Å²) < 4.78 is 63.2. The van der Waals surface area contributed by atoms with Crippen LogP contribution in [0.15, 0.2) is 0 Å². The molecule has 0 unspecified atom stereocenters. The van der Waals surface area contributed by atoms with Gasteiger partial charge in [-0.2, -0.15) is 16.8 Å². The van der Waals surface area contributed by atoms with Gasteiger partial charge in [-0.1, -0.05) is 78.1 Å². The first-order chi connectivity index (χ1) is 9.91. The average Bonchev–Trinajstić information content (AvgIpc) is 2.28. The summed E-state index contributed by atoms with van der Waals surface area (Å²) in [6, 6.07) is 0. The van der Waals surface area contributed by atoms with Crippen LogP contribution in [0.1, 0.15) is 78.1 Å². The van der Waals surface area contributed by atoms with Crippen LogP contribution in [0, 0.1) is 0 Å². The fourth-order valence-corrected chi connectivity index (χ4v) is 1.56. The first-order valence-electron chi connectivity index (χ1n) is 7.31. The van der Waals surface area contributed by atoms with E-state index in [1.165, 1.54) is 64.2 Å². The zero-order chi connectivity index (χ0) is 18.1. The monoisotopic (exact) mass is 390 g/mol. The van der Waals surface area contributed by atoms with Gasteiger partial charge in [-0.05, 0) is 0 Å². The summed E-state index contributed by atoms with van der Waals surface area (Å²) in [5, 5.41) is 0. The van der Waals surface area contributed by atoms with E-state index < -0.39 is 20.8 Å². The Labute approximate surface area is 162 Å². The molecule has 4 N–H and O–H groups in total. The number of hydrogen-bond donors (Lipinski definition) is 4. The molecule has 23 heavy (non-hydrogen) atoms. The van der Waals surface area contributed by atoms with Gasteiger partial charge >= 0.3 is 50.4 Å². The molecule has 0 spiro atoms. The molecule has 0 aliphatic carbocycles. The van der Waals surface area contributed by atoms with E-state index >= 15 is 0 Å². The third kappa shape index (κ3) is 103. The minimum absolute atomic E-state index is 0. The average molecular weight is 390 g/mol. The Balaban J connectivity index is -0.000000137. The normalized spacial score (nSPS) is 10.5. The van der Waals surface area contributed by atoms with E-state index in [9.17, 15) is 0 Å². The Bertz CT molecular complexity index is 353. The predicted molar refractivity (Wildman–Crippen MR) is 93.0 cm³/mol. The second-order valence-electron chi connectivity index (χ2n) is 4.72. The molecule has 140 valence electrons. The quantitative estimate of drug-likeness (QED) is 0.267. The fraction of sp³-hybridized carbons (Fsp3) is 1.00. The van der Waals surface area contributed by atoms with Crippen LogP contribution in [0.5, 0.6) is 0 Å². The Kier molecular flexibility index (Phi) is 28.5. The number of rotatable bonds is 9. The van der Waals surface area contributed by atoms with E-state index in [0.29, 0.717) is 0 Å². The second-order valence-corrected chi connectivity index (χ2v) is 6.52. The zero-order valence-electron chi connectivity index (χ0n) is 13.3. The Morgan fingerprint density at radius 2 is 0.652 bits per heavy atom. The first-order valence-corrected chi connectivity index (χ1v) is 10.1. The van der Waals surface area contributed by atoms with E-state index in [0.717, 1.165) is 0 Å². The van der Waals surface area contributed by atoms with Crippen LogP contribution in [0.3, 0.4) is 0 Å². The maximum atomic E-state index is 8.74. The molecule has 8 nitrogen and oxygen atoms in total. The van der Waals surface area contributed by atoms with Crippen molar-refractivity contribution in [3.05, 3.63) is 0 Å². The maximum absolute atomic E-state index is 8.74. The molecule has 0 fully saturated rings. The Morgan fingerprint density at radius 1 is 0.522 bits per heavy atom. The third-order valence-corrected chi connectivity index (χ3v) is 2.46. The van der Waals surface area contributed by atoms with Gasteiger partial charge in [0.25, 0.3) is 0 Å². The zero-order valence-corrected chi connectivity index (χ0v) is 14.9. The van der Waals surface area contributed by atoms with Gasteiger partial charge in [0.1, 0.15) is 0 Å². The molecule has 11 heteroatoms. The summed E-state index contributed by atoms with van der Waals surface area (Å²) in [5.74, 6) is 0. The van der Waals surface area contributed by atoms with Crippen LogP contribution < -0.4 is 0 Å². The van der Waals surface area contributed by atoms with Crippen molar-refractivity contribution in [1.82, 2.24) is 0 Å². The van der Waals surface area contributed by atoms with E-state index in [2.05, 4.69) is 13.8 Å². The molecule has 0 aromatic rings. The van der Waals surface area contributed by atoms with E-state index in [1.54, 1.807) is 0 Å². The molecular weight excluding hydrogens is 359 g/mol. The molecule has 0 aromatic carbocycles. The number of unbranched alkanes of at least 4 members (excludes halogenated alkanes) is 9. The molecule has 0 saturated carbocycles. The SMILES string of the molecule is CCCCCCCCCCCC.O=S(=O)(O)O.O=S(=O)(O)O.[NaH]. The van der Waals surface area contributed by atoms with Gasteiger partial charge < -0.3 is 0 Å². The summed E-state index contributed by atoms with van der Waals surface area (Å²) in [7, 11) is -9.33. The van der Waals surface area contributed by atoms with Gasteiger partial charge in [0.05, 0.1) is 0 Å². The van der Waals surface area contributed by atoms with Crippen molar-refractivity contribution in [2.45, 2.75) is 78.1 Å². The molecule has 0 aliphatic rings. The van der Waals surface area contributed by atoms with Crippen LogP contribution in [-0.4, -0.2) is 64.6 Å². The summed E-state index contributed by atoms with van der Waals surface area (Å²) in [4.78, 5) is 0. The van der Waals surface area contributed by atoms with E-state index in [-0.39, 0.29) is 29.6 Å².